The lowest BCUT2D eigenvalue weighted by Gasteiger charge is -2.10. The standard InChI is InChI=1S/C15H21NO/c1-12-6-8-13(9-7-12)15(17)10-11-16-14-4-2-3-5-14/h6-9,14,16H,2-5,10-11H2,1H3. The molecule has 0 spiro atoms. The number of carbonyl (C=O) groups excluding carboxylic acids is 1. The Labute approximate surface area is 103 Å². The fourth-order valence-electron chi connectivity index (χ4n) is 2.40. The average molecular weight is 231 g/mol. The fraction of sp³-hybridized carbons (Fsp3) is 0.533. The summed E-state index contributed by atoms with van der Waals surface area (Å²) in [5.74, 6) is 0.246. The van der Waals surface area contributed by atoms with Gasteiger partial charge in [0.2, 0.25) is 0 Å². The number of Topliss-reactive ketones (excluding diaryl/α,β-unsaturated/α-hetero) is 1. The van der Waals surface area contributed by atoms with Crippen LogP contribution in [0.3, 0.4) is 0 Å². The van der Waals surface area contributed by atoms with Gasteiger partial charge < -0.3 is 5.32 Å². The smallest absolute Gasteiger partial charge is 0.164 e. The van der Waals surface area contributed by atoms with Crippen molar-refractivity contribution in [2.45, 2.75) is 45.1 Å². The van der Waals surface area contributed by atoms with Crippen LogP contribution in [0.2, 0.25) is 0 Å². The molecule has 1 saturated carbocycles. The van der Waals surface area contributed by atoms with Crippen LogP contribution in [-0.2, 0) is 0 Å². The van der Waals surface area contributed by atoms with Gasteiger partial charge >= 0.3 is 0 Å². The van der Waals surface area contributed by atoms with Crippen molar-refractivity contribution in [1.82, 2.24) is 5.32 Å². The van der Waals surface area contributed by atoms with Crippen LogP contribution in [0.5, 0.6) is 0 Å². The molecule has 0 radical (unpaired) electrons. The monoisotopic (exact) mass is 231 g/mol. The quantitative estimate of drug-likeness (QED) is 0.789. The molecule has 92 valence electrons. The zero-order chi connectivity index (χ0) is 12.1. The molecule has 1 N–H and O–H groups in total. The Balaban J connectivity index is 1.75. The number of hydrogen-bond acceptors (Lipinski definition) is 2. The third-order valence-corrected chi connectivity index (χ3v) is 3.51. The van der Waals surface area contributed by atoms with E-state index >= 15 is 0 Å². The van der Waals surface area contributed by atoms with E-state index in [1.165, 1.54) is 31.2 Å². The Kier molecular flexibility index (Phi) is 4.32. The highest BCUT2D eigenvalue weighted by atomic mass is 16.1. The van der Waals surface area contributed by atoms with Gasteiger partial charge in [0.1, 0.15) is 0 Å². The summed E-state index contributed by atoms with van der Waals surface area (Å²) in [6.07, 6.45) is 5.84. The predicted octanol–water partition coefficient (Wildman–Crippen LogP) is 3.10. The normalized spacial score (nSPS) is 16.3. The Hall–Kier alpha value is -1.15. The summed E-state index contributed by atoms with van der Waals surface area (Å²) in [6, 6.07) is 8.50. The summed E-state index contributed by atoms with van der Waals surface area (Å²) in [5, 5.41) is 3.47. The van der Waals surface area contributed by atoms with Gasteiger partial charge in [-0.3, -0.25) is 4.79 Å². The molecule has 1 aliphatic carbocycles. The molecule has 0 aromatic heterocycles. The van der Waals surface area contributed by atoms with Gasteiger partial charge in [0, 0.05) is 24.6 Å². The largest absolute Gasteiger partial charge is 0.314 e. The molecule has 0 bridgehead atoms. The summed E-state index contributed by atoms with van der Waals surface area (Å²) in [7, 11) is 0. The Bertz CT molecular complexity index is 363. The van der Waals surface area contributed by atoms with Gasteiger partial charge in [0.25, 0.3) is 0 Å². The molecule has 17 heavy (non-hydrogen) atoms. The second kappa shape index (κ2) is 5.97. The van der Waals surface area contributed by atoms with Crippen molar-refractivity contribution < 1.29 is 4.79 Å². The first kappa shape index (κ1) is 12.3. The third kappa shape index (κ3) is 3.67. The Morgan fingerprint density at radius 2 is 1.88 bits per heavy atom. The molecule has 1 aromatic carbocycles. The molecule has 0 aliphatic heterocycles. The second-order valence-electron chi connectivity index (χ2n) is 4.97. The maximum atomic E-state index is 11.9. The minimum absolute atomic E-state index is 0.246. The Morgan fingerprint density at radius 3 is 2.53 bits per heavy atom. The van der Waals surface area contributed by atoms with E-state index < -0.39 is 0 Å². The Morgan fingerprint density at radius 1 is 1.24 bits per heavy atom. The van der Waals surface area contributed by atoms with E-state index in [-0.39, 0.29) is 5.78 Å². The predicted molar refractivity (Wildman–Crippen MR) is 70.4 cm³/mol. The first-order valence-electron chi connectivity index (χ1n) is 6.59. The van der Waals surface area contributed by atoms with Gasteiger partial charge in [0.05, 0.1) is 0 Å². The van der Waals surface area contributed by atoms with Gasteiger partial charge in [-0.1, -0.05) is 42.7 Å². The first-order chi connectivity index (χ1) is 8.25. The highest BCUT2D eigenvalue weighted by Gasteiger charge is 2.14. The van der Waals surface area contributed by atoms with Crippen molar-refractivity contribution in [2.24, 2.45) is 0 Å². The van der Waals surface area contributed by atoms with Gasteiger partial charge in [-0.2, -0.15) is 0 Å². The molecule has 2 heteroatoms. The van der Waals surface area contributed by atoms with Crippen LogP contribution >= 0.6 is 0 Å². The van der Waals surface area contributed by atoms with E-state index in [1.807, 2.05) is 31.2 Å². The zero-order valence-corrected chi connectivity index (χ0v) is 10.5. The number of carbonyl (C=O) groups is 1. The first-order valence-corrected chi connectivity index (χ1v) is 6.59. The van der Waals surface area contributed by atoms with Gasteiger partial charge in [-0.15, -0.1) is 0 Å². The number of hydrogen-bond donors (Lipinski definition) is 1. The van der Waals surface area contributed by atoms with E-state index in [9.17, 15) is 4.79 Å². The maximum absolute atomic E-state index is 11.9. The van der Waals surface area contributed by atoms with E-state index in [2.05, 4.69) is 5.32 Å². The second-order valence-corrected chi connectivity index (χ2v) is 4.97. The van der Waals surface area contributed by atoms with Crippen LogP contribution in [-0.4, -0.2) is 18.4 Å². The number of ketones is 1. The molecule has 0 atom stereocenters. The third-order valence-electron chi connectivity index (χ3n) is 3.51. The van der Waals surface area contributed by atoms with Crippen LogP contribution in [0, 0.1) is 6.92 Å². The summed E-state index contributed by atoms with van der Waals surface area (Å²) >= 11 is 0. The molecule has 1 fully saturated rings. The van der Waals surface area contributed by atoms with Gasteiger partial charge in [-0.25, -0.2) is 0 Å². The molecule has 0 amide bonds. The minimum atomic E-state index is 0.246. The van der Waals surface area contributed by atoms with E-state index in [0.717, 1.165) is 12.1 Å². The average Bonchev–Trinajstić information content (AvgIpc) is 2.83. The molecular weight excluding hydrogens is 210 g/mol. The molecule has 0 saturated heterocycles. The van der Waals surface area contributed by atoms with Gasteiger partial charge in [0.15, 0.2) is 5.78 Å². The van der Waals surface area contributed by atoms with E-state index in [1.54, 1.807) is 0 Å². The van der Waals surface area contributed by atoms with E-state index in [0.29, 0.717) is 12.5 Å². The molecule has 0 heterocycles. The minimum Gasteiger partial charge on any atom is -0.314 e. The van der Waals surface area contributed by atoms with Crippen LogP contribution in [0.1, 0.15) is 48.0 Å². The summed E-state index contributed by atoms with van der Waals surface area (Å²) in [4.78, 5) is 11.9. The number of aryl methyl sites for hydroxylation is 1. The molecule has 2 rings (SSSR count). The van der Waals surface area contributed by atoms with Crippen molar-refractivity contribution in [2.75, 3.05) is 6.54 Å². The van der Waals surface area contributed by atoms with Crippen molar-refractivity contribution in [3.8, 4) is 0 Å². The zero-order valence-electron chi connectivity index (χ0n) is 10.5. The van der Waals surface area contributed by atoms with Crippen molar-refractivity contribution in [3.63, 3.8) is 0 Å². The highest BCUT2D eigenvalue weighted by molar-refractivity contribution is 5.96. The highest BCUT2D eigenvalue weighted by Crippen LogP contribution is 2.17. The molecular formula is C15H21NO. The summed E-state index contributed by atoms with van der Waals surface area (Å²) in [5.41, 5.74) is 2.04. The maximum Gasteiger partial charge on any atom is 0.164 e. The van der Waals surface area contributed by atoms with E-state index in [4.69, 9.17) is 0 Å². The van der Waals surface area contributed by atoms with Crippen molar-refractivity contribution >= 4 is 5.78 Å². The number of nitrogens with one attached hydrogen (secondary N) is 1. The van der Waals surface area contributed by atoms with Crippen LogP contribution in [0.4, 0.5) is 0 Å². The fourth-order valence-corrected chi connectivity index (χ4v) is 2.40. The van der Waals surface area contributed by atoms with Crippen LogP contribution in [0.25, 0.3) is 0 Å². The molecule has 1 aromatic rings. The lowest BCUT2D eigenvalue weighted by atomic mass is 10.1. The topological polar surface area (TPSA) is 29.1 Å². The lowest BCUT2D eigenvalue weighted by molar-refractivity contribution is 0.0981. The molecule has 2 nitrogen and oxygen atoms in total. The SMILES string of the molecule is Cc1ccc(C(=O)CCNC2CCCC2)cc1. The number of benzene rings is 1. The lowest BCUT2D eigenvalue weighted by Crippen LogP contribution is -2.28. The summed E-state index contributed by atoms with van der Waals surface area (Å²) in [6.45, 7) is 2.85. The van der Waals surface area contributed by atoms with Crippen LogP contribution < -0.4 is 5.32 Å². The molecule has 1 aliphatic rings. The molecule has 0 unspecified atom stereocenters. The van der Waals surface area contributed by atoms with Crippen molar-refractivity contribution in [3.05, 3.63) is 35.4 Å². The summed E-state index contributed by atoms with van der Waals surface area (Å²) < 4.78 is 0. The van der Waals surface area contributed by atoms with Crippen molar-refractivity contribution in [1.29, 1.82) is 0 Å². The van der Waals surface area contributed by atoms with Crippen LogP contribution in [0.15, 0.2) is 24.3 Å². The van der Waals surface area contributed by atoms with Gasteiger partial charge in [-0.05, 0) is 19.8 Å². The number of rotatable bonds is 5.